The van der Waals surface area contributed by atoms with Crippen molar-refractivity contribution in [3.63, 3.8) is 0 Å². The zero-order chi connectivity index (χ0) is 18.0. The maximum atomic E-state index is 13.3. The maximum absolute atomic E-state index is 13.3. The van der Waals surface area contributed by atoms with Crippen LogP contribution in [0, 0.1) is 0 Å². The van der Waals surface area contributed by atoms with Crippen molar-refractivity contribution >= 4 is 16.6 Å². The van der Waals surface area contributed by atoms with Crippen molar-refractivity contribution in [2.75, 3.05) is 14.2 Å². The van der Waals surface area contributed by atoms with Gasteiger partial charge in [-0.15, -0.1) is 0 Å². The molecule has 0 aliphatic carbocycles. The summed E-state index contributed by atoms with van der Waals surface area (Å²) in [6, 6.07) is 10.8. The van der Waals surface area contributed by atoms with E-state index in [1.165, 1.54) is 14.2 Å². The first kappa shape index (κ1) is 16.9. The molecule has 0 saturated heterocycles. The molecule has 25 heavy (non-hydrogen) atoms. The largest absolute Gasteiger partial charge is 0.496 e. The summed E-state index contributed by atoms with van der Waals surface area (Å²) in [6.45, 7) is 1.87. The van der Waals surface area contributed by atoms with E-state index in [1.54, 1.807) is 30.6 Å². The van der Waals surface area contributed by atoms with Crippen LogP contribution < -0.4 is 15.2 Å². The predicted octanol–water partition coefficient (Wildman–Crippen LogP) is 3.50. The van der Waals surface area contributed by atoms with E-state index in [9.17, 15) is 4.79 Å². The van der Waals surface area contributed by atoms with Crippen LogP contribution in [-0.2, 0) is 0 Å². The Morgan fingerprint density at radius 3 is 2.40 bits per heavy atom. The lowest BCUT2D eigenvalue weighted by molar-refractivity contribution is 0.103. The van der Waals surface area contributed by atoms with Gasteiger partial charge in [0, 0.05) is 29.4 Å². The number of carbonyl (C=O) groups is 1. The third kappa shape index (κ3) is 3.06. The normalized spacial score (nSPS) is 12.0. The van der Waals surface area contributed by atoms with Crippen molar-refractivity contribution in [2.45, 2.75) is 13.0 Å². The molecule has 0 spiro atoms. The van der Waals surface area contributed by atoms with E-state index < -0.39 is 0 Å². The van der Waals surface area contributed by atoms with Crippen LogP contribution in [0.15, 0.2) is 48.8 Å². The van der Waals surface area contributed by atoms with Gasteiger partial charge in [-0.05, 0) is 36.1 Å². The number of aromatic nitrogens is 1. The third-order valence-corrected chi connectivity index (χ3v) is 4.21. The van der Waals surface area contributed by atoms with Gasteiger partial charge in [0.05, 0.1) is 14.2 Å². The monoisotopic (exact) mass is 336 g/mol. The Hall–Kier alpha value is -2.92. The number of nitrogens with two attached hydrogens (primary N) is 1. The van der Waals surface area contributed by atoms with Gasteiger partial charge in [-0.1, -0.05) is 18.2 Å². The SMILES string of the molecule is COc1cc(C(C)N)cc(OC)c1C(=O)c1cccc2cnccc12. The molecule has 1 unspecified atom stereocenters. The minimum atomic E-state index is -0.199. The van der Waals surface area contributed by atoms with Gasteiger partial charge in [-0.3, -0.25) is 9.78 Å². The first-order chi connectivity index (χ1) is 12.1. The fourth-order valence-corrected chi connectivity index (χ4v) is 2.87. The van der Waals surface area contributed by atoms with Gasteiger partial charge >= 0.3 is 0 Å². The molecule has 0 radical (unpaired) electrons. The lowest BCUT2D eigenvalue weighted by Gasteiger charge is -2.17. The number of pyridine rings is 1. The molecule has 0 aliphatic rings. The number of methoxy groups -OCH3 is 2. The molecule has 2 N–H and O–H groups in total. The first-order valence-corrected chi connectivity index (χ1v) is 7.95. The number of ether oxygens (including phenoxy) is 2. The van der Waals surface area contributed by atoms with Gasteiger partial charge in [0.25, 0.3) is 0 Å². The topological polar surface area (TPSA) is 74.4 Å². The highest BCUT2D eigenvalue weighted by Crippen LogP contribution is 2.35. The summed E-state index contributed by atoms with van der Waals surface area (Å²) in [5.74, 6) is 0.729. The summed E-state index contributed by atoms with van der Waals surface area (Å²) in [4.78, 5) is 17.4. The Morgan fingerprint density at radius 2 is 1.80 bits per heavy atom. The van der Waals surface area contributed by atoms with Gasteiger partial charge < -0.3 is 15.2 Å². The molecule has 3 aromatic rings. The van der Waals surface area contributed by atoms with Crippen molar-refractivity contribution in [2.24, 2.45) is 5.73 Å². The molecular weight excluding hydrogens is 316 g/mol. The van der Waals surface area contributed by atoms with E-state index in [2.05, 4.69) is 4.98 Å². The van der Waals surface area contributed by atoms with E-state index in [1.807, 2.05) is 25.1 Å². The number of hydrogen-bond acceptors (Lipinski definition) is 5. The van der Waals surface area contributed by atoms with Crippen molar-refractivity contribution in [1.82, 2.24) is 4.98 Å². The maximum Gasteiger partial charge on any atom is 0.201 e. The molecule has 2 aromatic carbocycles. The van der Waals surface area contributed by atoms with Gasteiger partial charge in [-0.2, -0.15) is 0 Å². The summed E-state index contributed by atoms with van der Waals surface area (Å²) in [5.41, 5.74) is 7.77. The zero-order valence-corrected chi connectivity index (χ0v) is 14.4. The number of ketones is 1. The van der Waals surface area contributed by atoms with Crippen LogP contribution in [0.5, 0.6) is 11.5 Å². The average molecular weight is 336 g/mol. The molecule has 0 fully saturated rings. The quantitative estimate of drug-likeness (QED) is 0.722. The van der Waals surface area contributed by atoms with Crippen LogP contribution >= 0.6 is 0 Å². The fraction of sp³-hybridized carbons (Fsp3) is 0.200. The molecule has 5 nitrogen and oxygen atoms in total. The Morgan fingerprint density at radius 1 is 1.12 bits per heavy atom. The van der Waals surface area contributed by atoms with E-state index in [4.69, 9.17) is 15.2 Å². The zero-order valence-electron chi connectivity index (χ0n) is 14.4. The van der Waals surface area contributed by atoms with Gasteiger partial charge in [0.1, 0.15) is 17.1 Å². The van der Waals surface area contributed by atoms with Crippen LogP contribution in [0.1, 0.15) is 34.5 Å². The number of fused-ring (bicyclic) bond motifs is 1. The molecular formula is C20H20N2O3. The second-order valence-corrected chi connectivity index (χ2v) is 5.82. The smallest absolute Gasteiger partial charge is 0.201 e. The van der Waals surface area contributed by atoms with Crippen LogP contribution in [0.2, 0.25) is 0 Å². The standard InChI is InChI=1S/C20H20N2O3/c1-12(21)14-9-17(24-2)19(18(10-14)25-3)20(23)16-6-4-5-13-11-22-8-7-15(13)16/h4-12H,21H2,1-3H3. The van der Waals surface area contributed by atoms with Gasteiger partial charge in [0.2, 0.25) is 5.78 Å². The van der Waals surface area contributed by atoms with Gasteiger partial charge in [0.15, 0.2) is 0 Å². The highest BCUT2D eigenvalue weighted by Gasteiger charge is 2.23. The van der Waals surface area contributed by atoms with Crippen LogP contribution in [0.25, 0.3) is 10.8 Å². The minimum Gasteiger partial charge on any atom is -0.496 e. The first-order valence-electron chi connectivity index (χ1n) is 7.95. The van der Waals surface area contributed by atoms with E-state index in [-0.39, 0.29) is 11.8 Å². The predicted molar refractivity (Wildman–Crippen MR) is 97.3 cm³/mol. The Bertz CT molecular complexity index is 905. The summed E-state index contributed by atoms with van der Waals surface area (Å²) < 4.78 is 10.9. The lowest BCUT2D eigenvalue weighted by atomic mass is 9.95. The Kier molecular flexibility index (Phi) is 4.67. The van der Waals surface area contributed by atoms with Gasteiger partial charge in [-0.25, -0.2) is 0 Å². The van der Waals surface area contributed by atoms with E-state index in [0.29, 0.717) is 22.6 Å². The molecule has 5 heteroatoms. The molecule has 128 valence electrons. The van der Waals surface area contributed by atoms with Crippen LogP contribution in [-0.4, -0.2) is 25.0 Å². The number of nitrogens with zero attached hydrogens (tertiary/aromatic N) is 1. The highest BCUT2D eigenvalue weighted by atomic mass is 16.5. The second kappa shape index (κ2) is 6.91. The summed E-state index contributed by atoms with van der Waals surface area (Å²) in [6.07, 6.45) is 3.41. The summed E-state index contributed by atoms with van der Waals surface area (Å²) in [5, 5.41) is 1.74. The number of benzene rings is 2. The fourth-order valence-electron chi connectivity index (χ4n) is 2.87. The average Bonchev–Trinajstić information content (AvgIpc) is 2.65. The van der Waals surface area contributed by atoms with Crippen molar-refractivity contribution in [3.05, 3.63) is 65.5 Å². The van der Waals surface area contributed by atoms with E-state index in [0.717, 1.165) is 16.3 Å². The molecule has 0 aliphatic heterocycles. The van der Waals surface area contributed by atoms with Crippen LogP contribution in [0.4, 0.5) is 0 Å². The van der Waals surface area contributed by atoms with Crippen molar-refractivity contribution < 1.29 is 14.3 Å². The lowest BCUT2D eigenvalue weighted by Crippen LogP contribution is -2.11. The summed E-state index contributed by atoms with van der Waals surface area (Å²) >= 11 is 0. The molecule has 3 rings (SSSR count). The number of rotatable bonds is 5. The molecule has 0 amide bonds. The molecule has 0 bridgehead atoms. The molecule has 0 saturated carbocycles. The molecule has 1 aromatic heterocycles. The third-order valence-electron chi connectivity index (χ3n) is 4.21. The highest BCUT2D eigenvalue weighted by molar-refractivity contribution is 6.18. The Labute approximate surface area is 146 Å². The van der Waals surface area contributed by atoms with Crippen molar-refractivity contribution in [3.8, 4) is 11.5 Å². The minimum absolute atomic E-state index is 0.165. The number of hydrogen-bond donors (Lipinski definition) is 1. The molecule has 1 heterocycles. The Balaban J connectivity index is 2.22. The number of carbonyl (C=O) groups excluding carboxylic acids is 1. The van der Waals surface area contributed by atoms with E-state index >= 15 is 0 Å². The second-order valence-electron chi connectivity index (χ2n) is 5.82. The molecule has 1 atom stereocenters. The van der Waals surface area contributed by atoms with Crippen molar-refractivity contribution in [1.29, 1.82) is 0 Å². The van der Waals surface area contributed by atoms with Crippen LogP contribution in [0.3, 0.4) is 0 Å². The summed E-state index contributed by atoms with van der Waals surface area (Å²) in [7, 11) is 3.06.